The molecule has 0 aliphatic rings. The zero-order valence-electron chi connectivity index (χ0n) is 12.7. The molecule has 0 amide bonds. The van der Waals surface area contributed by atoms with Gasteiger partial charge >= 0.3 is 0 Å². The topological polar surface area (TPSA) is 87.1 Å². The maximum absolute atomic E-state index is 5.80. The van der Waals surface area contributed by atoms with Crippen LogP contribution >= 0.6 is 0 Å². The largest absolute Gasteiger partial charge is 0.481 e. The number of pyridine rings is 1. The molecule has 0 aliphatic carbocycles. The summed E-state index contributed by atoms with van der Waals surface area (Å²) in [6, 6.07) is 3.76. The van der Waals surface area contributed by atoms with Crippen LogP contribution in [0.15, 0.2) is 22.9 Å². The van der Waals surface area contributed by atoms with E-state index in [1.807, 2.05) is 12.1 Å². The predicted octanol–water partition coefficient (Wildman–Crippen LogP) is 2.15. The SMILES string of the molecule is COc1ccc(Cc2noc(C(CN)CC(C)C)n2)cn1. The molecule has 114 valence electrons. The normalized spacial score (nSPS) is 12.6. The van der Waals surface area contributed by atoms with Gasteiger partial charge in [-0.3, -0.25) is 0 Å². The summed E-state index contributed by atoms with van der Waals surface area (Å²) < 4.78 is 10.4. The average molecular weight is 290 g/mol. The van der Waals surface area contributed by atoms with Gasteiger partial charge in [-0.05, 0) is 17.9 Å². The molecule has 21 heavy (non-hydrogen) atoms. The fraction of sp³-hybridized carbons (Fsp3) is 0.533. The minimum Gasteiger partial charge on any atom is -0.481 e. The Kier molecular flexibility index (Phi) is 5.27. The molecule has 1 atom stereocenters. The Morgan fingerprint density at radius 2 is 2.14 bits per heavy atom. The minimum absolute atomic E-state index is 0.125. The molecule has 6 nitrogen and oxygen atoms in total. The van der Waals surface area contributed by atoms with E-state index in [2.05, 4.69) is 29.0 Å². The second kappa shape index (κ2) is 7.17. The van der Waals surface area contributed by atoms with Gasteiger partial charge in [-0.15, -0.1) is 0 Å². The molecular formula is C15H22N4O2. The van der Waals surface area contributed by atoms with Crippen LogP contribution in [0, 0.1) is 5.92 Å². The summed E-state index contributed by atoms with van der Waals surface area (Å²) in [5, 5.41) is 4.03. The van der Waals surface area contributed by atoms with E-state index in [1.165, 1.54) is 0 Å². The first kappa shape index (κ1) is 15.4. The van der Waals surface area contributed by atoms with Gasteiger partial charge in [0.05, 0.1) is 13.0 Å². The number of rotatable bonds is 7. The number of nitrogens with zero attached hydrogens (tertiary/aromatic N) is 3. The van der Waals surface area contributed by atoms with Crippen LogP contribution in [0.3, 0.4) is 0 Å². The van der Waals surface area contributed by atoms with Crippen LogP contribution in [0.4, 0.5) is 0 Å². The summed E-state index contributed by atoms with van der Waals surface area (Å²) in [7, 11) is 1.59. The third kappa shape index (κ3) is 4.26. The summed E-state index contributed by atoms with van der Waals surface area (Å²) in [5.41, 5.74) is 6.81. The molecule has 6 heteroatoms. The minimum atomic E-state index is 0.125. The van der Waals surface area contributed by atoms with Crippen molar-refractivity contribution in [2.45, 2.75) is 32.6 Å². The lowest BCUT2D eigenvalue weighted by Crippen LogP contribution is -2.15. The molecule has 1 unspecified atom stereocenters. The smallest absolute Gasteiger partial charge is 0.231 e. The molecule has 0 saturated carbocycles. The Bertz CT molecular complexity index is 551. The molecule has 2 rings (SSSR count). The Morgan fingerprint density at radius 1 is 1.33 bits per heavy atom. The summed E-state index contributed by atoms with van der Waals surface area (Å²) in [6.45, 7) is 4.83. The van der Waals surface area contributed by atoms with Crippen molar-refractivity contribution in [3.63, 3.8) is 0 Å². The predicted molar refractivity (Wildman–Crippen MR) is 79.1 cm³/mol. The van der Waals surface area contributed by atoms with E-state index in [0.717, 1.165) is 12.0 Å². The Balaban J connectivity index is 2.04. The van der Waals surface area contributed by atoms with E-state index in [4.69, 9.17) is 15.0 Å². The van der Waals surface area contributed by atoms with Crippen molar-refractivity contribution in [1.82, 2.24) is 15.1 Å². The summed E-state index contributed by atoms with van der Waals surface area (Å²) >= 11 is 0. The number of hydrogen-bond acceptors (Lipinski definition) is 6. The monoisotopic (exact) mass is 290 g/mol. The van der Waals surface area contributed by atoms with Crippen LogP contribution in [0.5, 0.6) is 5.88 Å². The second-order valence-electron chi connectivity index (χ2n) is 5.50. The zero-order chi connectivity index (χ0) is 15.2. The molecule has 0 saturated heterocycles. The van der Waals surface area contributed by atoms with E-state index in [1.54, 1.807) is 13.3 Å². The average Bonchev–Trinajstić information content (AvgIpc) is 2.93. The quantitative estimate of drug-likeness (QED) is 0.840. The van der Waals surface area contributed by atoms with Gasteiger partial charge in [0, 0.05) is 25.2 Å². The van der Waals surface area contributed by atoms with Gasteiger partial charge in [0.1, 0.15) is 0 Å². The lowest BCUT2D eigenvalue weighted by Gasteiger charge is -2.11. The molecule has 0 bridgehead atoms. The lowest BCUT2D eigenvalue weighted by atomic mass is 9.97. The van der Waals surface area contributed by atoms with Crippen LogP contribution in [-0.4, -0.2) is 28.8 Å². The van der Waals surface area contributed by atoms with Gasteiger partial charge in [0.25, 0.3) is 0 Å². The second-order valence-corrected chi connectivity index (χ2v) is 5.50. The van der Waals surface area contributed by atoms with Crippen LogP contribution < -0.4 is 10.5 Å². The highest BCUT2D eigenvalue weighted by atomic mass is 16.5. The first-order chi connectivity index (χ1) is 10.1. The fourth-order valence-corrected chi connectivity index (χ4v) is 2.19. The molecule has 0 aliphatic heterocycles. The van der Waals surface area contributed by atoms with E-state index >= 15 is 0 Å². The highest BCUT2D eigenvalue weighted by Crippen LogP contribution is 2.21. The van der Waals surface area contributed by atoms with Crippen molar-refractivity contribution in [2.75, 3.05) is 13.7 Å². The Hall–Kier alpha value is -1.95. The number of ether oxygens (including phenoxy) is 1. The first-order valence-corrected chi connectivity index (χ1v) is 7.13. The standard InChI is InChI=1S/C15H22N4O2/c1-10(2)6-12(8-16)15-18-13(19-21-15)7-11-4-5-14(20-3)17-9-11/h4-5,9-10,12H,6-8,16H2,1-3H3. The number of methoxy groups -OCH3 is 1. The van der Waals surface area contributed by atoms with Crippen LogP contribution in [0.1, 0.15) is 43.5 Å². The molecule has 2 aromatic heterocycles. The van der Waals surface area contributed by atoms with Gasteiger partial charge in [-0.2, -0.15) is 4.98 Å². The number of aromatic nitrogens is 3. The van der Waals surface area contributed by atoms with Crippen LogP contribution in [-0.2, 0) is 6.42 Å². The first-order valence-electron chi connectivity index (χ1n) is 7.13. The molecule has 2 aromatic rings. The highest BCUT2D eigenvalue weighted by Gasteiger charge is 2.19. The maximum Gasteiger partial charge on any atom is 0.231 e. The Morgan fingerprint density at radius 3 is 2.71 bits per heavy atom. The van der Waals surface area contributed by atoms with Gasteiger partial charge in [0.15, 0.2) is 5.82 Å². The molecule has 0 fully saturated rings. The third-order valence-corrected chi connectivity index (χ3v) is 3.24. The van der Waals surface area contributed by atoms with Crippen molar-refractivity contribution in [3.8, 4) is 5.88 Å². The summed E-state index contributed by atoms with van der Waals surface area (Å²) in [5.74, 6) is 2.54. The van der Waals surface area contributed by atoms with Gasteiger partial charge in [0.2, 0.25) is 11.8 Å². The van der Waals surface area contributed by atoms with Crippen LogP contribution in [0.2, 0.25) is 0 Å². The molecule has 0 aromatic carbocycles. The van der Waals surface area contributed by atoms with Crippen LogP contribution in [0.25, 0.3) is 0 Å². The van der Waals surface area contributed by atoms with Crippen molar-refractivity contribution in [2.24, 2.45) is 11.7 Å². The van der Waals surface area contributed by atoms with Gasteiger partial charge in [-0.1, -0.05) is 25.1 Å². The number of hydrogen-bond donors (Lipinski definition) is 1. The van der Waals surface area contributed by atoms with Crippen molar-refractivity contribution >= 4 is 0 Å². The van der Waals surface area contributed by atoms with Gasteiger partial charge in [-0.25, -0.2) is 4.98 Å². The third-order valence-electron chi connectivity index (χ3n) is 3.24. The van der Waals surface area contributed by atoms with E-state index in [9.17, 15) is 0 Å². The maximum atomic E-state index is 5.80. The van der Waals surface area contributed by atoms with E-state index in [-0.39, 0.29) is 5.92 Å². The van der Waals surface area contributed by atoms with E-state index in [0.29, 0.717) is 36.5 Å². The Labute approximate surface area is 124 Å². The summed E-state index contributed by atoms with van der Waals surface area (Å²) in [4.78, 5) is 8.62. The van der Waals surface area contributed by atoms with Crippen molar-refractivity contribution in [3.05, 3.63) is 35.6 Å². The molecule has 2 N–H and O–H groups in total. The van der Waals surface area contributed by atoms with E-state index < -0.39 is 0 Å². The molecule has 0 spiro atoms. The molecular weight excluding hydrogens is 268 g/mol. The fourth-order valence-electron chi connectivity index (χ4n) is 2.19. The highest BCUT2D eigenvalue weighted by molar-refractivity contribution is 5.20. The van der Waals surface area contributed by atoms with Crippen molar-refractivity contribution < 1.29 is 9.26 Å². The van der Waals surface area contributed by atoms with Crippen molar-refractivity contribution in [1.29, 1.82) is 0 Å². The lowest BCUT2D eigenvalue weighted by molar-refractivity contribution is 0.332. The molecule has 0 radical (unpaired) electrons. The van der Waals surface area contributed by atoms with Gasteiger partial charge < -0.3 is 15.0 Å². The number of nitrogens with two attached hydrogens (primary N) is 1. The molecule has 2 heterocycles. The zero-order valence-corrected chi connectivity index (χ0v) is 12.7. The summed E-state index contributed by atoms with van der Waals surface area (Å²) in [6.07, 6.45) is 3.28.